The highest BCUT2D eigenvalue weighted by Gasteiger charge is 2.19. The van der Waals surface area contributed by atoms with E-state index in [-0.39, 0.29) is 35.6 Å². The van der Waals surface area contributed by atoms with Gasteiger partial charge in [0.15, 0.2) is 0 Å². The summed E-state index contributed by atoms with van der Waals surface area (Å²) in [4.78, 5) is 15.3. The van der Waals surface area contributed by atoms with Gasteiger partial charge in [0.2, 0.25) is 17.6 Å². The molecule has 8 heteroatoms. The van der Waals surface area contributed by atoms with Crippen LogP contribution in [0.4, 0.5) is 5.69 Å². The summed E-state index contributed by atoms with van der Waals surface area (Å²) >= 11 is 3.32. The maximum Gasteiger partial charge on any atom is 0.240 e. The zero-order valence-electron chi connectivity index (χ0n) is 9.98. The Morgan fingerprint density at radius 3 is 2.89 bits per heavy atom. The largest absolute Gasteiger partial charge is 0.506 e. The van der Waals surface area contributed by atoms with Gasteiger partial charge in [0.25, 0.3) is 0 Å². The molecule has 0 unspecified atom stereocenters. The van der Waals surface area contributed by atoms with E-state index in [4.69, 9.17) is 10.3 Å². The number of nitrogens with zero attached hydrogens (tertiary/aromatic N) is 2. The van der Waals surface area contributed by atoms with Crippen molar-refractivity contribution in [2.45, 2.75) is 13.5 Å². The number of amides is 1. The molecule has 1 aromatic carbocycles. The van der Waals surface area contributed by atoms with E-state index in [1.165, 1.54) is 13.0 Å². The van der Waals surface area contributed by atoms with Crippen LogP contribution in [0.2, 0.25) is 0 Å². The molecule has 100 valence electrons. The number of nitrogens with one attached hydrogen (secondary N) is 1. The molecule has 7 nitrogen and oxygen atoms in total. The number of rotatable bonds is 3. The van der Waals surface area contributed by atoms with Crippen molar-refractivity contribution in [3.8, 4) is 17.1 Å². The standard InChI is InChI=1S/C11H11BrN4O3/c1-5(17)14-10-7(18)3-2-6(12)9(10)11-15-8(4-13)19-16-11/h2-3,18H,4,13H2,1H3,(H,14,17). The van der Waals surface area contributed by atoms with Crippen LogP contribution < -0.4 is 11.1 Å². The van der Waals surface area contributed by atoms with E-state index >= 15 is 0 Å². The Hall–Kier alpha value is -1.93. The van der Waals surface area contributed by atoms with E-state index < -0.39 is 0 Å². The minimum absolute atomic E-state index is 0.0903. The average Bonchev–Trinajstić information content (AvgIpc) is 2.82. The maximum absolute atomic E-state index is 11.2. The second-order valence-corrected chi connectivity index (χ2v) is 4.57. The van der Waals surface area contributed by atoms with E-state index in [0.29, 0.717) is 10.0 Å². The summed E-state index contributed by atoms with van der Waals surface area (Å²) in [5, 5.41) is 16.1. The lowest BCUT2D eigenvalue weighted by Gasteiger charge is -2.10. The maximum atomic E-state index is 11.2. The quantitative estimate of drug-likeness (QED) is 0.738. The first kappa shape index (κ1) is 13.5. The van der Waals surface area contributed by atoms with Gasteiger partial charge in [-0.25, -0.2) is 0 Å². The molecule has 1 amide bonds. The molecule has 2 aromatic rings. The van der Waals surface area contributed by atoms with Gasteiger partial charge in [0, 0.05) is 11.4 Å². The molecule has 0 aliphatic carbocycles. The first-order valence-corrected chi connectivity index (χ1v) is 6.14. The van der Waals surface area contributed by atoms with Crippen molar-refractivity contribution in [3.05, 3.63) is 22.5 Å². The smallest absolute Gasteiger partial charge is 0.240 e. The molecule has 2 rings (SSSR count). The number of carbonyl (C=O) groups excluding carboxylic acids is 1. The summed E-state index contributed by atoms with van der Waals surface area (Å²) < 4.78 is 5.53. The van der Waals surface area contributed by atoms with Crippen molar-refractivity contribution < 1.29 is 14.4 Å². The highest BCUT2D eigenvalue weighted by atomic mass is 79.9. The van der Waals surface area contributed by atoms with E-state index in [2.05, 4.69) is 31.4 Å². The Bertz CT molecular complexity index is 626. The van der Waals surface area contributed by atoms with Gasteiger partial charge in [-0.3, -0.25) is 4.79 Å². The van der Waals surface area contributed by atoms with Gasteiger partial charge in [-0.1, -0.05) is 5.16 Å². The third-order valence-corrected chi connectivity index (χ3v) is 2.96. The number of aromatic hydroxyl groups is 1. The molecule has 0 atom stereocenters. The normalized spacial score (nSPS) is 10.5. The zero-order valence-corrected chi connectivity index (χ0v) is 11.6. The highest BCUT2D eigenvalue weighted by Crippen LogP contribution is 2.39. The van der Waals surface area contributed by atoms with Gasteiger partial charge in [0.1, 0.15) is 5.75 Å². The minimum atomic E-state index is -0.322. The summed E-state index contributed by atoms with van der Waals surface area (Å²) in [6, 6.07) is 3.07. The number of phenolic OH excluding ortho intramolecular Hbond substituents is 1. The SMILES string of the molecule is CC(=O)Nc1c(O)ccc(Br)c1-c1noc(CN)n1. The van der Waals surface area contributed by atoms with Gasteiger partial charge < -0.3 is 20.7 Å². The van der Waals surface area contributed by atoms with Crippen LogP contribution in [-0.2, 0) is 11.3 Å². The van der Waals surface area contributed by atoms with Crippen molar-refractivity contribution in [1.29, 1.82) is 0 Å². The van der Waals surface area contributed by atoms with Crippen molar-refractivity contribution in [2.24, 2.45) is 5.73 Å². The number of hydrogen-bond donors (Lipinski definition) is 3. The second-order valence-electron chi connectivity index (χ2n) is 3.71. The Kier molecular flexibility index (Phi) is 3.82. The topological polar surface area (TPSA) is 114 Å². The van der Waals surface area contributed by atoms with Crippen LogP contribution in [0.25, 0.3) is 11.4 Å². The monoisotopic (exact) mass is 326 g/mol. The van der Waals surface area contributed by atoms with Crippen molar-refractivity contribution in [3.63, 3.8) is 0 Å². The van der Waals surface area contributed by atoms with Crippen LogP contribution in [0.15, 0.2) is 21.1 Å². The first-order chi connectivity index (χ1) is 9.02. The van der Waals surface area contributed by atoms with Crippen LogP contribution in [0, 0.1) is 0 Å². The first-order valence-electron chi connectivity index (χ1n) is 5.35. The number of aromatic nitrogens is 2. The van der Waals surface area contributed by atoms with Gasteiger partial charge in [-0.2, -0.15) is 4.98 Å². The van der Waals surface area contributed by atoms with Gasteiger partial charge in [-0.05, 0) is 28.1 Å². The Morgan fingerprint density at radius 1 is 1.58 bits per heavy atom. The summed E-state index contributed by atoms with van der Waals surface area (Å²) in [6.07, 6.45) is 0. The lowest BCUT2D eigenvalue weighted by molar-refractivity contribution is -0.114. The fourth-order valence-corrected chi connectivity index (χ4v) is 2.03. The Morgan fingerprint density at radius 2 is 2.32 bits per heavy atom. The van der Waals surface area contributed by atoms with E-state index in [9.17, 15) is 9.90 Å². The van der Waals surface area contributed by atoms with Gasteiger partial charge in [-0.15, -0.1) is 0 Å². The zero-order chi connectivity index (χ0) is 14.0. The minimum Gasteiger partial charge on any atom is -0.506 e. The molecule has 1 aromatic heterocycles. The number of nitrogens with two attached hydrogens (primary N) is 1. The molecule has 0 radical (unpaired) electrons. The van der Waals surface area contributed by atoms with Gasteiger partial charge >= 0.3 is 0 Å². The molecule has 0 aliphatic rings. The average molecular weight is 327 g/mol. The predicted octanol–water partition coefficient (Wildman–Crippen LogP) is 1.62. The predicted molar refractivity (Wildman–Crippen MR) is 71.3 cm³/mol. The van der Waals surface area contributed by atoms with Gasteiger partial charge in [0.05, 0.1) is 17.8 Å². The number of hydrogen-bond acceptors (Lipinski definition) is 6. The van der Waals surface area contributed by atoms with E-state index in [1.54, 1.807) is 6.07 Å². The molecule has 4 N–H and O–H groups in total. The summed E-state index contributed by atoms with van der Waals surface area (Å²) in [7, 11) is 0. The second kappa shape index (κ2) is 5.37. The molecule has 0 bridgehead atoms. The molecule has 0 fully saturated rings. The van der Waals surface area contributed by atoms with Crippen LogP contribution in [-0.4, -0.2) is 21.2 Å². The van der Waals surface area contributed by atoms with Crippen LogP contribution in [0.1, 0.15) is 12.8 Å². The van der Waals surface area contributed by atoms with Crippen molar-refractivity contribution >= 4 is 27.5 Å². The number of phenols is 1. The molecular weight excluding hydrogens is 316 g/mol. The third kappa shape index (κ3) is 2.74. The number of halogens is 1. The molecule has 19 heavy (non-hydrogen) atoms. The highest BCUT2D eigenvalue weighted by molar-refractivity contribution is 9.10. The lowest BCUT2D eigenvalue weighted by atomic mass is 10.1. The summed E-state index contributed by atoms with van der Waals surface area (Å²) in [5.41, 5.74) is 6.04. The van der Waals surface area contributed by atoms with E-state index in [1.807, 2.05) is 0 Å². The Balaban J connectivity index is 2.59. The molecule has 1 heterocycles. The molecule has 0 saturated carbocycles. The molecular formula is C11H11BrN4O3. The summed E-state index contributed by atoms with van der Waals surface area (Å²) in [6.45, 7) is 1.45. The van der Waals surface area contributed by atoms with Crippen molar-refractivity contribution in [2.75, 3.05) is 5.32 Å². The van der Waals surface area contributed by atoms with Crippen LogP contribution in [0.5, 0.6) is 5.75 Å². The molecule has 0 spiro atoms. The summed E-state index contributed by atoms with van der Waals surface area (Å²) in [5.74, 6) is 0.0793. The van der Waals surface area contributed by atoms with Crippen LogP contribution >= 0.6 is 15.9 Å². The molecule has 0 saturated heterocycles. The lowest BCUT2D eigenvalue weighted by Crippen LogP contribution is -2.08. The fourth-order valence-electron chi connectivity index (χ4n) is 1.53. The fraction of sp³-hybridized carbons (Fsp3) is 0.182. The third-order valence-electron chi connectivity index (χ3n) is 2.30. The number of benzene rings is 1. The Labute approximate surface area is 116 Å². The van der Waals surface area contributed by atoms with Crippen LogP contribution in [0.3, 0.4) is 0 Å². The van der Waals surface area contributed by atoms with E-state index in [0.717, 1.165) is 0 Å². The molecule has 0 aliphatic heterocycles. The van der Waals surface area contributed by atoms with Crippen molar-refractivity contribution in [1.82, 2.24) is 10.1 Å². The number of carbonyl (C=O) groups is 1. The number of anilines is 1.